The molecule has 0 aromatic rings. The fourth-order valence-electron chi connectivity index (χ4n) is 0.164. The number of alkyl halides is 6. The molecular formula is C4HAuF6. The minimum Gasteiger partial charge on any atom is -0.384 e. The van der Waals surface area contributed by atoms with Crippen LogP contribution in [0.15, 0.2) is 6.08 Å². The molecule has 0 saturated heterocycles. The van der Waals surface area contributed by atoms with Gasteiger partial charge in [0.2, 0.25) is 0 Å². The van der Waals surface area contributed by atoms with Gasteiger partial charge < -0.3 is 6.08 Å². The van der Waals surface area contributed by atoms with Crippen molar-refractivity contribution in [3.05, 3.63) is 12.2 Å². The molecule has 0 aliphatic carbocycles. The summed E-state index contributed by atoms with van der Waals surface area (Å²) < 4.78 is 65.7. The van der Waals surface area contributed by atoms with E-state index in [4.69, 9.17) is 0 Å². The standard InChI is InChI=1S/C4HF6.Au/c5-3(6,7)1-2-4(8,9)10;/h1H;/q-1;+1. The predicted octanol–water partition coefficient (Wildman–Crippen LogP) is 2.47. The first-order chi connectivity index (χ1) is 4.21. The van der Waals surface area contributed by atoms with Gasteiger partial charge in [-0.2, -0.15) is 19.2 Å². The van der Waals surface area contributed by atoms with Crippen LogP contribution in [0.1, 0.15) is 0 Å². The van der Waals surface area contributed by atoms with Crippen molar-refractivity contribution in [2.75, 3.05) is 0 Å². The maximum atomic E-state index is 11.0. The summed E-state index contributed by atoms with van der Waals surface area (Å²) in [6.07, 6.45) is -10.7. The summed E-state index contributed by atoms with van der Waals surface area (Å²) in [5.41, 5.74) is 0. The molecule has 0 heterocycles. The molecule has 0 N–H and O–H groups in total. The average Bonchev–Trinajstić information content (AvgIpc) is 1.57. The zero-order valence-corrected chi connectivity index (χ0v) is 6.81. The molecule has 0 aliphatic heterocycles. The van der Waals surface area contributed by atoms with Crippen LogP contribution in [-0.4, -0.2) is 12.4 Å². The molecule has 0 aromatic heterocycles. The van der Waals surface area contributed by atoms with Gasteiger partial charge in [0.25, 0.3) is 6.18 Å². The van der Waals surface area contributed by atoms with Gasteiger partial charge in [-0.3, -0.25) is 0 Å². The molecule has 0 spiro atoms. The van der Waals surface area contributed by atoms with Crippen LogP contribution in [-0.2, 0) is 22.4 Å². The van der Waals surface area contributed by atoms with Crippen LogP contribution in [0.25, 0.3) is 0 Å². The minimum atomic E-state index is -5.02. The largest absolute Gasteiger partial charge is 1.00 e. The molecule has 0 aliphatic rings. The fraction of sp³-hybridized carbons (Fsp3) is 0.500. The number of hydrogen-bond acceptors (Lipinski definition) is 0. The van der Waals surface area contributed by atoms with Gasteiger partial charge in [-0.1, -0.05) is 0 Å². The Bertz CT molecular complexity index is 114. The van der Waals surface area contributed by atoms with Crippen molar-refractivity contribution in [1.29, 1.82) is 0 Å². The molecule has 0 bridgehead atoms. The Labute approximate surface area is 73.8 Å². The van der Waals surface area contributed by atoms with Gasteiger partial charge in [0.1, 0.15) is 0 Å². The molecule has 0 aromatic carbocycles. The van der Waals surface area contributed by atoms with E-state index in [2.05, 4.69) is 0 Å². The van der Waals surface area contributed by atoms with E-state index in [1.807, 2.05) is 0 Å². The third-order valence-electron chi connectivity index (χ3n) is 0.399. The zero-order valence-electron chi connectivity index (χ0n) is 4.65. The van der Waals surface area contributed by atoms with Gasteiger partial charge in [-0.25, -0.2) is 13.2 Å². The van der Waals surface area contributed by atoms with Crippen molar-refractivity contribution in [1.82, 2.24) is 0 Å². The van der Waals surface area contributed by atoms with E-state index in [0.29, 0.717) is 0 Å². The molecule has 0 radical (unpaired) electrons. The minimum absolute atomic E-state index is 0. The summed E-state index contributed by atoms with van der Waals surface area (Å²) >= 11 is 0. The van der Waals surface area contributed by atoms with Gasteiger partial charge >= 0.3 is 28.6 Å². The normalized spacial score (nSPS) is 13.3. The third-order valence-corrected chi connectivity index (χ3v) is 0.399. The second-order valence-electron chi connectivity index (χ2n) is 1.33. The van der Waals surface area contributed by atoms with Crippen LogP contribution in [0.5, 0.6) is 0 Å². The van der Waals surface area contributed by atoms with Crippen LogP contribution < -0.4 is 0 Å². The molecule has 0 nitrogen and oxygen atoms in total. The second-order valence-corrected chi connectivity index (χ2v) is 1.33. The van der Waals surface area contributed by atoms with Gasteiger partial charge in [0.05, 0.1) is 0 Å². The number of hydrogen-bond donors (Lipinski definition) is 0. The Morgan fingerprint density at radius 3 is 1.36 bits per heavy atom. The summed E-state index contributed by atoms with van der Waals surface area (Å²) in [6.45, 7) is 0. The first-order valence-electron chi connectivity index (χ1n) is 1.96. The number of allylic oxidation sites excluding steroid dienone is 2. The zero-order chi connectivity index (χ0) is 8.41. The molecule has 70 valence electrons. The van der Waals surface area contributed by atoms with E-state index < -0.39 is 18.4 Å². The van der Waals surface area contributed by atoms with Gasteiger partial charge in [-0.15, -0.1) is 0 Å². The van der Waals surface area contributed by atoms with Crippen molar-refractivity contribution >= 4 is 0 Å². The summed E-state index contributed by atoms with van der Waals surface area (Å²) in [5, 5.41) is 0. The van der Waals surface area contributed by atoms with Gasteiger partial charge in [0.15, 0.2) is 0 Å². The van der Waals surface area contributed by atoms with Crippen LogP contribution in [0, 0.1) is 6.08 Å². The molecule has 11 heavy (non-hydrogen) atoms. The molecule has 0 rings (SSSR count). The van der Waals surface area contributed by atoms with E-state index in [1.165, 1.54) is 0 Å². The van der Waals surface area contributed by atoms with Crippen LogP contribution in [0.2, 0.25) is 0 Å². The SMILES string of the molecule is FC(F)(F)[C-]=CC(F)(F)F.[Au+]. The van der Waals surface area contributed by atoms with E-state index >= 15 is 0 Å². The molecule has 7 heteroatoms. The summed E-state index contributed by atoms with van der Waals surface area (Å²) in [5.74, 6) is 0. The summed E-state index contributed by atoms with van der Waals surface area (Å²) in [7, 11) is 0. The molecule has 0 saturated carbocycles. The predicted molar refractivity (Wildman–Crippen MR) is 19.9 cm³/mol. The number of rotatable bonds is 0. The second kappa shape index (κ2) is 4.18. The van der Waals surface area contributed by atoms with Crippen molar-refractivity contribution in [3.8, 4) is 0 Å². The van der Waals surface area contributed by atoms with E-state index in [-0.39, 0.29) is 28.5 Å². The van der Waals surface area contributed by atoms with Gasteiger partial charge in [-0.05, 0) is 0 Å². The van der Waals surface area contributed by atoms with Crippen LogP contribution >= 0.6 is 0 Å². The van der Waals surface area contributed by atoms with Crippen LogP contribution in [0.4, 0.5) is 26.3 Å². The first-order valence-corrected chi connectivity index (χ1v) is 1.96. The van der Waals surface area contributed by atoms with E-state index in [0.717, 1.165) is 0 Å². The third kappa shape index (κ3) is 13.1. The maximum absolute atomic E-state index is 11.0. The summed E-state index contributed by atoms with van der Waals surface area (Å²) in [6, 6.07) is 0. The van der Waals surface area contributed by atoms with Crippen molar-refractivity contribution in [2.24, 2.45) is 0 Å². The quantitative estimate of drug-likeness (QED) is 0.354. The monoisotopic (exact) mass is 360 g/mol. The average molecular weight is 360 g/mol. The molecule has 0 atom stereocenters. The molecular weight excluding hydrogens is 359 g/mol. The van der Waals surface area contributed by atoms with Crippen molar-refractivity contribution in [3.63, 3.8) is 0 Å². The van der Waals surface area contributed by atoms with Crippen LogP contribution in [0.3, 0.4) is 0 Å². The van der Waals surface area contributed by atoms with E-state index in [9.17, 15) is 26.3 Å². The Hall–Kier alpha value is 0.0603. The summed E-state index contributed by atoms with van der Waals surface area (Å²) in [4.78, 5) is 0. The number of halogens is 6. The van der Waals surface area contributed by atoms with E-state index in [1.54, 1.807) is 0 Å². The molecule has 0 fully saturated rings. The smallest absolute Gasteiger partial charge is 0.384 e. The van der Waals surface area contributed by atoms with Gasteiger partial charge in [0, 0.05) is 0 Å². The van der Waals surface area contributed by atoms with Crippen molar-refractivity contribution in [2.45, 2.75) is 12.4 Å². The topological polar surface area (TPSA) is 0 Å². The van der Waals surface area contributed by atoms with Crippen molar-refractivity contribution < 1.29 is 48.7 Å². The Morgan fingerprint density at radius 1 is 0.909 bits per heavy atom. The molecule has 0 unspecified atom stereocenters. The Balaban J connectivity index is 0. The Morgan fingerprint density at radius 2 is 1.27 bits per heavy atom. The first kappa shape index (κ1) is 13.6. The molecule has 0 amide bonds. The fourth-order valence-corrected chi connectivity index (χ4v) is 0.164. The maximum Gasteiger partial charge on any atom is 1.00 e. The Kier molecular flexibility index (Phi) is 5.18.